The number of carbonyl (C=O) groups excluding carboxylic acids is 1. The van der Waals surface area contributed by atoms with E-state index in [2.05, 4.69) is 4.99 Å². The summed E-state index contributed by atoms with van der Waals surface area (Å²) in [5.74, 6) is 0.398. The van der Waals surface area contributed by atoms with Crippen LogP contribution in [0.1, 0.15) is 0 Å². The molecule has 0 saturated carbocycles. The van der Waals surface area contributed by atoms with Gasteiger partial charge in [0.25, 0.3) is 0 Å². The van der Waals surface area contributed by atoms with Crippen LogP contribution < -0.4 is 5.73 Å². The molecule has 56 valence electrons. The largest absolute Gasteiger partial charge is 0.483 e. The minimum atomic E-state index is 0.00898. The Labute approximate surface area is 59.4 Å². The van der Waals surface area contributed by atoms with Crippen LogP contribution in [0.4, 0.5) is 0 Å². The molecule has 0 atom stereocenters. The third-order valence-corrected chi connectivity index (χ3v) is 0.739. The second-order valence-corrected chi connectivity index (χ2v) is 1.43. The number of ether oxygens (including phenoxy) is 1. The van der Waals surface area contributed by atoms with E-state index in [0.29, 0.717) is 12.0 Å². The molecule has 0 saturated heterocycles. The van der Waals surface area contributed by atoms with Gasteiger partial charge < -0.3 is 10.5 Å². The summed E-state index contributed by atoms with van der Waals surface area (Å²) in [6, 6.07) is 0. The fourth-order valence-electron chi connectivity index (χ4n) is 0.386. The first-order chi connectivity index (χ1) is 4.85. The maximum atomic E-state index is 9.79. The molecule has 0 rings (SSSR count). The normalized spacial score (nSPS) is 11.9. The number of allylic oxidation sites excluding steroid dienone is 1. The van der Waals surface area contributed by atoms with Crippen molar-refractivity contribution in [3.05, 3.63) is 12.0 Å². The summed E-state index contributed by atoms with van der Waals surface area (Å²) in [6.45, 7) is 0.00898. The summed E-state index contributed by atoms with van der Waals surface area (Å²) in [5.41, 5.74) is 5.11. The van der Waals surface area contributed by atoms with Crippen LogP contribution in [0.3, 0.4) is 0 Å². The quantitative estimate of drug-likeness (QED) is 0.333. The molecule has 0 heterocycles. The predicted octanol–water partition coefficient (Wildman–Crippen LogP) is -0.297. The zero-order valence-corrected chi connectivity index (χ0v) is 5.78. The summed E-state index contributed by atoms with van der Waals surface area (Å²) in [6.07, 6.45) is 3.33. The number of hydrogen-bond acceptors (Lipinski definition) is 4. The van der Waals surface area contributed by atoms with Gasteiger partial charge in [0.15, 0.2) is 12.0 Å². The zero-order chi connectivity index (χ0) is 7.82. The van der Waals surface area contributed by atoms with Gasteiger partial charge in [0.2, 0.25) is 0 Å². The smallest absolute Gasteiger partial charge is 0.157 e. The topological polar surface area (TPSA) is 64.7 Å². The highest BCUT2D eigenvalue weighted by Gasteiger charge is 1.88. The fraction of sp³-hybridized carbons (Fsp3) is 0.333. The van der Waals surface area contributed by atoms with Gasteiger partial charge >= 0.3 is 0 Å². The molecule has 0 amide bonds. The molecule has 0 spiro atoms. The van der Waals surface area contributed by atoms with Crippen molar-refractivity contribution >= 4 is 12.5 Å². The maximum absolute atomic E-state index is 9.79. The van der Waals surface area contributed by atoms with E-state index in [4.69, 9.17) is 10.5 Å². The van der Waals surface area contributed by atoms with Crippen LogP contribution in [-0.4, -0.2) is 26.2 Å². The Bertz CT molecular complexity index is 152. The second-order valence-electron chi connectivity index (χ2n) is 1.43. The van der Waals surface area contributed by atoms with Gasteiger partial charge in [0, 0.05) is 13.2 Å². The summed E-state index contributed by atoms with van der Waals surface area (Å²) < 4.78 is 4.80. The van der Waals surface area contributed by atoms with Crippen molar-refractivity contribution in [1.82, 2.24) is 0 Å². The van der Waals surface area contributed by atoms with Crippen LogP contribution in [0.15, 0.2) is 17.0 Å². The van der Waals surface area contributed by atoms with E-state index in [9.17, 15) is 4.79 Å². The Morgan fingerprint density at radius 2 is 2.50 bits per heavy atom. The molecule has 4 heteroatoms. The van der Waals surface area contributed by atoms with Crippen LogP contribution in [0.2, 0.25) is 0 Å². The van der Waals surface area contributed by atoms with Gasteiger partial charge in [-0.05, 0) is 0 Å². The maximum Gasteiger partial charge on any atom is 0.157 e. The first-order valence-corrected chi connectivity index (χ1v) is 2.75. The van der Waals surface area contributed by atoms with Gasteiger partial charge in [-0.1, -0.05) is 0 Å². The van der Waals surface area contributed by atoms with Crippen molar-refractivity contribution in [2.24, 2.45) is 10.7 Å². The number of rotatable bonds is 4. The molecule has 0 bridgehead atoms. The molecular weight excluding hydrogens is 132 g/mol. The Hall–Kier alpha value is -1.32. The third kappa shape index (κ3) is 3.65. The highest BCUT2D eigenvalue weighted by molar-refractivity contribution is 5.75. The minimum absolute atomic E-state index is 0.00898. The lowest BCUT2D eigenvalue weighted by atomic mass is 10.6. The van der Waals surface area contributed by atoms with Gasteiger partial charge in [-0.15, -0.1) is 0 Å². The van der Waals surface area contributed by atoms with Crippen LogP contribution in [0.5, 0.6) is 0 Å². The number of nitrogens with zero attached hydrogens (tertiary/aromatic N) is 1. The van der Waals surface area contributed by atoms with Crippen molar-refractivity contribution in [2.45, 2.75) is 0 Å². The van der Waals surface area contributed by atoms with E-state index in [1.165, 1.54) is 12.4 Å². The zero-order valence-electron chi connectivity index (χ0n) is 5.78. The van der Waals surface area contributed by atoms with Crippen molar-refractivity contribution in [3.8, 4) is 0 Å². The number of carbonyl (C=O) groups is 1. The van der Waals surface area contributed by atoms with Gasteiger partial charge in [0.05, 0.1) is 6.21 Å². The van der Waals surface area contributed by atoms with Crippen LogP contribution >= 0.6 is 0 Å². The van der Waals surface area contributed by atoms with Gasteiger partial charge in [-0.3, -0.25) is 9.79 Å². The monoisotopic (exact) mass is 142 g/mol. The van der Waals surface area contributed by atoms with Crippen molar-refractivity contribution in [2.75, 3.05) is 13.7 Å². The van der Waals surface area contributed by atoms with E-state index in [1.54, 1.807) is 7.05 Å². The van der Waals surface area contributed by atoms with Crippen LogP contribution in [0, 0.1) is 0 Å². The Morgan fingerprint density at radius 3 is 2.90 bits per heavy atom. The minimum Gasteiger partial charge on any atom is -0.483 e. The third-order valence-electron chi connectivity index (χ3n) is 0.739. The molecule has 0 fully saturated rings. The van der Waals surface area contributed by atoms with Crippen LogP contribution in [0.25, 0.3) is 0 Å². The average Bonchev–Trinajstić information content (AvgIpc) is 1.98. The lowest BCUT2D eigenvalue weighted by molar-refractivity contribution is -0.110. The van der Waals surface area contributed by atoms with E-state index < -0.39 is 0 Å². The molecule has 0 unspecified atom stereocenters. The van der Waals surface area contributed by atoms with Crippen molar-refractivity contribution in [1.29, 1.82) is 0 Å². The van der Waals surface area contributed by atoms with E-state index in [0.717, 1.165) is 0 Å². The van der Waals surface area contributed by atoms with Crippen LogP contribution in [-0.2, 0) is 9.53 Å². The first-order valence-electron chi connectivity index (χ1n) is 2.75. The Balaban J connectivity index is 3.73. The molecule has 10 heavy (non-hydrogen) atoms. The fourth-order valence-corrected chi connectivity index (χ4v) is 0.386. The lowest BCUT2D eigenvalue weighted by Crippen LogP contribution is -1.99. The summed E-state index contributed by atoms with van der Waals surface area (Å²) >= 11 is 0. The molecule has 4 nitrogen and oxygen atoms in total. The number of nitrogens with two attached hydrogens (primary N) is 1. The summed E-state index contributed by atoms with van der Waals surface area (Å²) in [4.78, 5) is 13.4. The molecule has 0 aliphatic heterocycles. The number of aldehydes is 1. The molecule has 0 aliphatic carbocycles. The molecule has 0 aromatic heterocycles. The molecule has 0 aromatic carbocycles. The standard InChI is InChI=1S/C6H10N2O2/c1-8-5-6(4-7)10-3-2-9/h2,4-5H,3,7H2,1H3/b6-4+,8-5?. The second kappa shape index (κ2) is 5.81. The number of hydrogen-bond donors (Lipinski definition) is 1. The average molecular weight is 142 g/mol. The predicted molar refractivity (Wildman–Crippen MR) is 38.7 cm³/mol. The lowest BCUT2D eigenvalue weighted by Gasteiger charge is -1.98. The van der Waals surface area contributed by atoms with Gasteiger partial charge in [-0.2, -0.15) is 0 Å². The first kappa shape index (κ1) is 8.68. The van der Waals surface area contributed by atoms with Gasteiger partial charge in [0.1, 0.15) is 6.61 Å². The van der Waals surface area contributed by atoms with E-state index in [1.807, 2.05) is 0 Å². The highest BCUT2D eigenvalue weighted by atomic mass is 16.5. The SMILES string of the molecule is CN=C/C(=C\N)OCC=O. The van der Waals surface area contributed by atoms with Crippen molar-refractivity contribution in [3.63, 3.8) is 0 Å². The molecule has 0 radical (unpaired) electrons. The van der Waals surface area contributed by atoms with E-state index in [-0.39, 0.29) is 6.61 Å². The summed E-state index contributed by atoms with van der Waals surface area (Å²) in [5, 5.41) is 0. The molecule has 2 N–H and O–H groups in total. The Morgan fingerprint density at radius 1 is 1.80 bits per heavy atom. The summed E-state index contributed by atoms with van der Waals surface area (Å²) in [7, 11) is 1.59. The molecule has 0 aliphatic rings. The molecular formula is C6H10N2O2. The Kier molecular flexibility index (Phi) is 5.04. The highest BCUT2D eigenvalue weighted by Crippen LogP contribution is 1.87. The molecule has 0 aromatic rings. The van der Waals surface area contributed by atoms with E-state index >= 15 is 0 Å². The van der Waals surface area contributed by atoms with Gasteiger partial charge in [-0.25, -0.2) is 0 Å². The number of aliphatic imine (C=N–C) groups is 1. The van der Waals surface area contributed by atoms with Crippen molar-refractivity contribution < 1.29 is 9.53 Å².